The maximum absolute atomic E-state index is 12.1. The van der Waals surface area contributed by atoms with E-state index in [4.69, 9.17) is 4.74 Å². The van der Waals surface area contributed by atoms with E-state index in [0.717, 1.165) is 37.3 Å². The molecule has 8 nitrogen and oxygen atoms in total. The summed E-state index contributed by atoms with van der Waals surface area (Å²) >= 11 is 1.68. The van der Waals surface area contributed by atoms with E-state index in [0.29, 0.717) is 19.0 Å². The van der Waals surface area contributed by atoms with Crippen LogP contribution in [0.25, 0.3) is 0 Å². The van der Waals surface area contributed by atoms with Gasteiger partial charge in [-0.1, -0.05) is 0 Å². The zero-order valence-corrected chi connectivity index (χ0v) is 19.8. The van der Waals surface area contributed by atoms with Crippen LogP contribution in [0.3, 0.4) is 0 Å². The molecule has 1 atom stereocenters. The summed E-state index contributed by atoms with van der Waals surface area (Å²) in [6, 6.07) is 0. The highest BCUT2D eigenvalue weighted by Gasteiger charge is 2.17. The first-order valence-electron chi connectivity index (χ1n) is 8.93. The van der Waals surface area contributed by atoms with Crippen molar-refractivity contribution >= 4 is 51.3 Å². The van der Waals surface area contributed by atoms with Gasteiger partial charge in [0.25, 0.3) is 0 Å². The number of sulfonamides is 1. The van der Waals surface area contributed by atoms with E-state index in [9.17, 15) is 8.42 Å². The Hall–Kier alpha value is -0.500. The van der Waals surface area contributed by atoms with Gasteiger partial charge in [-0.3, -0.25) is 4.99 Å². The van der Waals surface area contributed by atoms with Gasteiger partial charge < -0.3 is 15.4 Å². The number of hydrogen-bond donors (Lipinski definition) is 3. The normalized spacial score (nSPS) is 18.0. The Bertz CT molecular complexity index is 675. The molecule has 0 aliphatic carbocycles. The SMILES string of the molecule is CN=C(NCCc1ncc(C)s1)NCCS(=O)(=O)NCC1CCCCO1.I. The molecule has 27 heavy (non-hydrogen) atoms. The van der Waals surface area contributed by atoms with Crippen LogP contribution in [-0.4, -0.2) is 64.5 Å². The highest BCUT2D eigenvalue weighted by atomic mass is 127. The average Bonchev–Trinajstić information content (AvgIpc) is 3.05. The van der Waals surface area contributed by atoms with Crippen molar-refractivity contribution in [3.8, 4) is 0 Å². The van der Waals surface area contributed by atoms with Crippen LogP contribution in [0, 0.1) is 6.92 Å². The van der Waals surface area contributed by atoms with Crippen LogP contribution in [-0.2, 0) is 21.2 Å². The largest absolute Gasteiger partial charge is 0.377 e. The lowest BCUT2D eigenvalue weighted by atomic mass is 10.1. The van der Waals surface area contributed by atoms with Crippen LogP contribution in [0.5, 0.6) is 0 Å². The summed E-state index contributed by atoms with van der Waals surface area (Å²) < 4.78 is 32.3. The fourth-order valence-corrected chi connectivity index (χ4v) is 4.33. The quantitative estimate of drug-likeness (QED) is 0.252. The van der Waals surface area contributed by atoms with Crippen LogP contribution in [0.15, 0.2) is 11.2 Å². The van der Waals surface area contributed by atoms with Crippen LogP contribution < -0.4 is 15.4 Å². The molecule has 0 radical (unpaired) electrons. The Morgan fingerprint density at radius 3 is 2.78 bits per heavy atom. The molecule has 1 aliphatic rings. The van der Waals surface area contributed by atoms with E-state index in [1.807, 2.05) is 13.1 Å². The molecule has 0 amide bonds. The minimum absolute atomic E-state index is 0. The second kappa shape index (κ2) is 12.9. The third kappa shape index (κ3) is 10.0. The molecule has 2 rings (SSSR count). The number of nitrogens with one attached hydrogen (secondary N) is 3. The minimum Gasteiger partial charge on any atom is -0.377 e. The van der Waals surface area contributed by atoms with Gasteiger partial charge >= 0.3 is 0 Å². The molecule has 0 spiro atoms. The van der Waals surface area contributed by atoms with Gasteiger partial charge in [0.05, 0.1) is 16.9 Å². The summed E-state index contributed by atoms with van der Waals surface area (Å²) in [7, 11) is -1.67. The van der Waals surface area contributed by atoms with E-state index < -0.39 is 10.0 Å². The summed E-state index contributed by atoms with van der Waals surface area (Å²) in [6.07, 6.45) is 5.73. The number of aryl methyl sites for hydroxylation is 1. The fourth-order valence-electron chi connectivity index (χ4n) is 2.59. The van der Waals surface area contributed by atoms with Gasteiger partial charge in [0.15, 0.2) is 5.96 Å². The topological polar surface area (TPSA) is 105 Å². The first kappa shape index (κ1) is 24.5. The van der Waals surface area contributed by atoms with E-state index in [-0.39, 0.29) is 42.4 Å². The van der Waals surface area contributed by atoms with E-state index in [2.05, 4.69) is 25.3 Å². The predicted octanol–water partition coefficient (Wildman–Crippen LogP) is 1.27. The lowest BCUT2D eigenvalue weighted by Gasteiger charge is -2.22. The Kier molecular flexibility index (Phi) is 11.7. The fraction of sp³-hybridized carbons (Fsp3) is 0.750. The molecular formula is C16H30IN5O3S2. The van der Waals surface area contributed by atoms with Crippen molar-refractivity contribution in [3.63, 3.8) is 0 Å². The summed E-state index contributed by atoms with van der Waals surface area (Å²) in [4.78, 5) is 9.61. The number of halogens is 1. The molecule has 0 aromatic carbocycles. The first-order chi connectivity index (χ1) is 12.5. The third-order valence-electron chi connectivity index (χ3n) is 3.99. The minimum atomic E-state index is -3.33. The average molecular weight is 531 g/mol. The Morgan fingerprint density at radius 2 is 2.15 bits per heavy atom. The van der Waals surface area contributed by atoms with Crippen molar-refractivity contribution in [1.29, 1.82) is 0 Å². The van der Waals surface area contributed by atoms with Crippen molar-refractivity contribution < 1.29 is 13.2 Å². The zero-order valence-electron chi connectivity index (χ0n) is 15.9. The maximum atomic E-state index is 12.1. The van der Waals surface area contributed by atoms with Gasteiger partial charge in [-0.2, -0.15) is 0 Å². The van der Waals surface area contributed by atoms with Gasteiger partial charge in [0.2, 0.25) is 10.0 Å². The molecule has 3 N–H and O–H groups in total. The highest BCUT2D eigenvalue weighted by Crippen LogP contribution is 2.12. The van der Waals surface area contributed by atoms with Gasteiger partial charge in [-0.25, -0.2) is 18.1 Å². The predicted molar refractivity (Wildman–Crippen MR) is 121 cm³/mol. The summed E-state index contributed by atoms with van der Waals surface area (Å²) in [5.74, 6) is 0.579. The van der Waals surface area contributed by atoms with Gasteiger partial charge in [-0.05, 0) is 26.2 Å². The third-order valence-corrected chi connectivity index (χ3v) is 6.31. The van der Waals surface area contributed by atoms with Crippen LogP contribution in [0.4, 0.5) is 0 Å². The summed E-state index contributed by atoms with van der Waals surface area (Å²) in [5, 5.41) is 7.27. The number of hydrogen-bond acceptors (Lipinski definition) is 6. The van der Waals surface area contributed by atoms with Crippen LogP contribution in [0.2, 0.25) is 0 Å². The summed E-state index contributed by atoms with van der Waals surface area (Å²) in [5.41, 5.74) is 0. The molecule has 1 aliphatic heterocycles. The van der Waals surface area contributed by atoms with E-state index >= 15 is 0 Å². The van der Waals surface area contributed by atoms with Crippen molar-refractivity contribution in [2.24, 2.45) is 4.99 Å². The van der Waals surface area contributed by atoms with Gasteiger partial charge in [-0.15, -0.1) is 35.3 Å². The van der Waals surface area contributed by atoms with E-state index in [1.165, 1.54) is 4.88 Å². The number of thiazole rings is 1. The molecule has 0 saturated carbocycles. The molecule has 0 bridgehead atoms. The number of aromatic nitrogens is 1. The van der Waals surface area contributed by atoms with Crippen LogP contribution >= 0.6 is 35.3 Å². The molecule has 1 aromatic rings. The van der Waals surface area contributed by atoms with Gasteiger partial charge in [0, 0.05) is 50.8 Å². The molecule has 1 fully saturated rings. The summed E-state index contributed by atoms with van der Waals surface area (Å²) in [6.45, 7) is 4.08. The zero-order chi connectivity index (χ0) is 18.8. The second-order valence-electron chi connectivity index (χ2n) is 6.20. The van der Waals surface area contributed by atoms with E-state index in [1.54, 1.807) is 18.4 Å². The van der Waals surface area contributed by atoms with Crippen molar-refractivity contribution in [1.82, 2.24) is 20.3 Å². The Balaban J connectivity index is 0.00000364. The van der Waals surface area contributed by atoms with Crippen molar-refractivity contribution in [2.75, 3.05) is 39.0 Å². The number of rotatable bonds is 9. The lowest BCUT2D eigenvalue weighted by Crippen LogP contribution is -2.43. The van der Waals surface area contributed by atoms with Crippen LogP contribution in [0.1, 0.15) is 29.1 Å². The highest BCUT2D eigenvalue weighted by molar-refractivity contribution is 14.0. The molecule has 156 valence electrons. The van der Waals surface area contributed by atoms with Crippen molar-refractivity contribution in [2.45, 2.75) is 38.7 Å². The Morgan fingerprint density at radius 1 is 1.37 bits per heavy atom. The molecule has 2 heterocycles. The maximum Gasteiger partial charge on any atom is 0.213 e. The number of ether oxygens (including phenoxy) is 1. The Labute approximate surface area is 183 Å². The molecule has 1 saturated heterocycles. The van der Waals surface area contributed by atoms with Crippen molar-refractivity contribution in [3.05, 3.63) is 16.1 Å². The molecule has 1 aromatic heterocycles. The molecule has 1 unspecified atom stereocenters. The lowest BCUT2D eigenvalue weighted by molar-refractivity contribution is 0.0200. The monoisotopic (exact) mass is 531 g/mol. The number of guanidine groups is 1. The standard InChI is InChI=1S/C16H29N5O3S2.HI/c1-13-11-20-15(25-13)6-7-18-16(17-2)19-8-10-26(22,23)21-12-14-5-3-4-9-24-14;/h11,14,21H,3-10,12H2,1-2H3,(H2,17,18,19);1H. The number of nitrogens with zero attached hydrogens (tertiary/aromatic N) is 2. The number of aliphatic imine (C=N–C) groups is 1. The van der Waals surface area contributed by atoms with Gasteiger partial charge in [0.1, 0.15) is 0 Å². The molecular weight excluding hydrogens is 501 g/mol. The second-order valence-corrected chi connectivity index (χ2v) is 9.44. The first-order valence-corrected chi connectivity index (χ1v) is 11.4. The smallest absolute Gasteiger partial charge is 0.213 e. The molecule has 11 heteroatoms.